The number of hydrogen-bond acceptors (Lipinski definition) is 6. The Morgan fingerprint density at radius 3 is 2.83 bits per heavy atom. The first-order valence-electron chi connectivity index (χ1n) is 9.65. The molecule has 0 aromatic heterocycles. The molecule has 1 aliphatic heterocycles. The third kappa shape index (κ3) is 3.92. The van der Waals surface area contributed by atoms with Crippen molar-refractivity contribution in [1.82, 2.24) is 5.32 Å². The minimum absolute atomic E-state index is 0.130. The SMILES string of the molecule is C=NC1=C(C(N)=NC)C(C)(C)Cc2c1ccc(OC)c2NCCC1CNC(=O)O1. The van der Waals surface area contributed by atoms with Crippen LogP contribution in [0.2, 0.25) is 0 Å². The molecule has 1 fully saturated rings. The molecule has 29 heavy (non-hydrogen) atoms. The van der Waals surface area contributed by atoms with Crippen LogP contribution in [0.5, 0.6) is 5.75 Å². The summed E-state index contributed by atoms with van der Waals surface area (Å²) in [6.07, 6.45) is 0.945. The summed E-state index contributed by atoms with van der Waals surface area (Å²) >= 11 is 0. The number of rotatable bonds is 7. The third-order valence-corrected chi connectivity index (χ3v) is 5.45. The quantitative estimate of drug-likeness (QED) is 0.482. The molecule has 0 spiro atoms. The van der Waals surface area contributed by atoms with E-state index in [2.05, 4.69) is 41.2 Å². The molecule has 1 aromatic carbocycles. The van der Waals surface area contributed by atoms with E-state index < -0.39 is 0 Å². The molecule has 8 nitrogen and oxygen atoms in total. The number of amidine groups is 1. The zero-order valence-corrected chi connectivity index (χ0v) is 17.5. The molecule has 1 atom stereocenters. The second-order valence-electron chi connectivity index (χ2n) is 7.84. The van der Waals surface area contributed by atoms with Crippen molar-refractivity contribution in [2.45, 2.75) is 32.8 Å². The molecule has 156 valence electrons. The lowest BCUT2D eigenvalue weighted by Crippen LogP contribution is -2.33. The van der Waals surface area contributed by atoms with Crippen LogP contribution in [0.3, 0.4) is 0 Å². The van der Waals surface area contributed by atoms with E-state index in [4.69, 9.17) is 15.2 Å². The summed E-state index contributed by atoms with van der Waals surface area (Å²) in [6.45, 7) is 9.21. The van der Waals surface area contributed by atoms with Crippen LogP contribution in [-0.4, -0.2) is 52.0 Å². The number of nitrogens with two attached hydrogens (primary N) is 1. The first kappa shape index (κ1) is 20.7. The molecule has 1 unspecified atom stereocenters. The molecule has 3 rings (SSSR count). The van der Waals surface area contributed by atoms with Gasteiger partial charge in [-0.3, -0.25) is 9.98 Å². The Morgan fingerprint density at radius 1 is 1.48 bits per heavy atom. The minimum atomic E-state index is -0.360. The number of benzene rings is 1. The lowest BCUT2D eigenvalue weighted by molar-refractivity contribution is 0.137. The fraction of sp³-hybridized carbons (Fsp3) is 0.476. The van der Waals surface area contributed by atoms with Crippen molar-refractivity contribution in [3.05, 3.63) is 28.8 Å². The Hall–Kier alpha value is -3.03. The van der Waals surface area contributed by atoms with Crippen LogP contribution in [0, 0.1) is 5.41 Å². The van der Waals surface area contributed by atoms with Crippen LogP contribution in [0.1, 0.15) is 31.4 Å². The second kappa shape index (κ2) is 8.14. The number of aliphatic imine (C=N–C) groups is 2. The highest BCUT2D eigenvalue weighted by Crippen LogP contribution is 2.47. The van der Waals surface area contributed by atoms with Gasteiger partial charge < -0.3 is 25.8 Å². The number of fused-ring (bicyclic) bond motifs is 1. The van der Waals surface area contributed by atoms with Gasteiger partial charge in [0, 0.05) is 31.1 Å². The van der Waals surface area contributed by atoms with Gasteiger partial charge in [0.2, 0.25) is 0 Å². The normalized spacial score (nSPS) is 20.6. The second-order valence-corrected chi connectivity index (χ2v) is 7.84. The van der Waals surface area contributed by atoms with Crippen molar-refractivity contribution in [2.24, 2.45) is 21.1 Å². The lowest BCUT2D eigenvalue weighted by atomic mass is 9.70. The number of alkyl carbamates (subject to hydrolysis) is 1. The van der Waals surface area contributed by atoms with E-state index in [9.17, 15) is 4.79 Å². The average molecular weight is 399 g/mol. The van der Waals surface area contributed by atoms with Crippen molar-refractivity contribution >= 4 is 30.0 Å². The number of nitrogens with zero attached hydrogens (tertiary/aromatic N) is 2. The molecule has 1 saturated heterocycles. The Balaban J connectivity index is 1.98. The van der Waals surface area contributed by atoms with Gasteiger partial charge in [-0.25, -0.2) is 4.79 Å². The van der Waals surface area contributed by atoms with Crippen LogP contribution in [0.15, 0.2) is 27.7 Å². The Morgan fingerprint density at radius 2 is 2.24 bits per heavy atom. The van der Waals surface area contributed by atoms with E-state index in [1.165, 1.54) is 0 Å². The highest BCUT2D eigenvalue weighted by atomic mass is 16.6. The maximum absolute atomic E-state index is 11.2. The molecule has 1 aliphatic carbocycles. The molecule has 1 amide bonds. The summed E-state index contributed by atoms with van der Waals surface area (Å²) in [7, 11) is 3.33. The number of cyclic esters (lactones) is 1. The first-order chi connectivity index (χ1) is 13.8. The molecule has 0 bridgehead atoms. The molecular formula is C21H29N5O3. The fourth-order valence-corrected chi connectivity index (χ4v) is 4.08. The standard InChI is InChI=1S/C21H29N5O3/c1-21(2)10-14-13(18(23-3)16(21)19(22)24-4)6-7-15(28-5)17(14)25-9-8-12-11-26-20(27)29-12/h6-7,12,25H,3,8-11H2,1-2,4-5H3,(H2,22,24)(H,26,27). The average Bonchev–Trinajstić information content (AvgIpc) is 3.11. The molecular weight excluding hydrogens is 370 g/mol. The molecule has 1 heterocycles. The minimum Gasteiger partial charge on any atom is -0.495 e. The summed E-state index contributed by atoms with van der Waals surface area (Å²) in [4.78, 5) is 19.7. The van der Waals surface area contributed by atoms with Gasteiger partial charge in [-0.2, -0.15) is 0 Å². The number of hydrogen-bond donors (Lipinski definition) is 3. The predicted octanol–water partition coefficient (Wildman–Crippen LogP) is 2.59. The molecule has 4 N–H and O–H groups in total. The van der Waals surface area contributed by atoms with Crippen LogP contribution >= 0.6 is 0 Å². The number of ether oxygens (including phenoxy) is 2. The number of carbonyl (C=O) groups excluding carboxylic acids is 1. The van der Waals surface area contributed by atoms with E-state index in [0.717, 1.165) is 40.3 Å². The zero-order valence-electron chi connectivity index (χ0n) is 17.5. The van der Waals surface area contributed by atoms with E-state index in [0.29, 0.717) is 25.3 Å². The highest BCUT2D eigenvalue weighted by Gasteiger charge is 2.37. The Labute approximate surface area is 171 Å². The number of anilines is 1. The Bertz CT molecular complexity index is 889. The number of amides is 1. The zero-order chi connectivity index (χ0) is 21.2. The van der Waals surface area contributed by atoms with Crippen molar-refractivity contribution in [2.75, 3.05) is 32.6 Å². The van der Waals surface area contributed by atoms with Crippen LogP contribution in [-0.2, 0) is 11.2 Å². The van der Waals surface area contributed by atoms with Crippen LogP contribution < -0.4 is 21.1 Å². The molecule has 8 heteroatoms. The van der Waals surface area contributed by atoms with Gasteiger partial charge >= 0.3 is 6.09 Å². The van der Waals surface area contributed by atoms with Crippen LogP contribution in [0.25, 0.3) is 5.70 Å². The summed E-state index contributed by atoms with van der Waals surface area (Å²) in [5.41, 5.74) is 10.6. The number of carbonyl (C=O) groups is 1. The maximum atomic E-state index is 11.2. The third-order valence-electron chi connectivity index (χ3n) is 5.45. The summed E-state index contributed by atoms with van der Waals surface area (Å²) in [5, 5.41) is 6.16. The molecule has 1 aromatic rings. The largest absolute Gasteiger partial charge is 0.495 e. The van der Waals surface area contributed by atoms with Gasteiger partial charge in [-0.05, 0) is 36.2 Å². The maximum Gasteiger partial charge on any atom is 0.407 e. The van der Waals surface area contributed by atoms with Gasteiger partial charge in [0.15, 0.2) is 0 Å². The molecule has 2 aliphatic rings. The van der Waals surface area contributed by atoms with Gasteiger partial charge in [0.1, 0.15) is 17.7 Å². The van der Waals surface area contributed by atoms with E-state index >= 15 is 0 Å². The van der Waals surface area contributed by atoms with Crippen molar-refractivity contribution in [1.29, 1.82) is 0 Å². The van der Waals surface area contributed by atoms with E-state index in [1.807, 2.05) is 12.1 Å². The first-order valence-corrected chi connectivity index (χ1v) is 9.65. The van der Waals surface area contributed by atoms with E-state index in [-0.39, 0.29) is 17.6 Å². The Kier molecular flexibility index (Phi) is 5.81. The predicted molar refractivity (Wildman–Crippen MR) is 116 cm³/mol. The van der Waals surface area contributed by atoms with Gasteiger partial charge in [0.05, 0.1) is 25.0 Å². The van der Waals surface area contributed by atoms with Crippen LogP contribution in [0.4, 0.5) is 10.5 Å². The fourth-order valence-electron chi connectivity index (χ4n) is 4.08. The van der Waals surface area contributed by atoms with E-state index in [1.54, 1.807) is 14.2 Å². The van der Waals surface area contributed by atoms with Crippen molar-refractivity contribution in [3.8, 4) is 5.75 Å². The monoisotopic (exact) mass is 399 g/mol. The van der Waals surface area contributed by atoms with Gasteiger partial charge in [-0.1, -0.05) is 13.8 Å². The smallest absolute Gasteiger partial charge is 0.407 e. The molecule has 0 radical (unpaired) electrons. The van der Waals surface area contributed by atoms with Crippen molar-refractivity contribution < 1.29 is 14.3 Å². The topological polar surface area (TPSA) is 110 Å². The lowest BCUT2D eigenvalue weighted by Gasteiger charge is -2.36. The van der Waals surface area contributed by atoms with Crippen molar-refractivity contribution in [3.63, 3.8) is 0 Å². The molecule has 0 saturated carbocycles. The highest BCUT2D eigenvalue weighted by molar-refractivity contribution is 6.06. The summed E-state index contributed by atoms with van der Waals surface area (Å²) in [6, 6.07) is 3.91. The number of nitrogens with one attached hydrogen (secondary N) is 2. The summed E-state index contributed by atoms with van der Waals surface area (Å²) < 4.78 is 10.8. The number of methoxy groups -OCH3 is 1. The van der Waals surface area contributed by atoms with Gasteiger partial charge in [-0.15, -0.1) is 0 Å². The van der Waals surface area contributed by atoms with Gasteiger partial charge in [0.25, 0.3) is 0 Å². The summed E-state index contributed by atoms with van der Waals surface area (Å²) in [5.74, 6) is 1.23.